The Hall–Kier alpha value is -5.08. The molecule has 0 radical (unpaired) electrons. The molecule has 2 aliphatic rings. The lowest BCUT2D eigenvalue weighted by Crippen LogP contribution is -2.18. The highest BCUT2D eigenvalue weighted by Gasteiger charge is 2.26. The van der Waals surface area contributed by atoms with Crippen LogP contribution in [0.1, 0.15) is 24.5 Å². The molecule has 1 atom stereocenters. The van der Waals surface area contributed by atoms with Crippen LogP contribution in [0.5, 0.6) is 0 Å². The summed E-state index contributed by atoms with van der Waals surface area (Å²) in [7, 11) is 0. The molecule has 2 nitrogen and oxygen atoms in total. The van der Waals surface area contributed by atoms with Crippen molar-refractivity contribution >= 4 is 27.6 Å². The Kier molecular flexibility index (Phi) is 7.38. The maximum Gasteiger partial charge on any atom is 0.0459 e. The van der Waals surface area contributed by atoms with Gasteiger partial charge in [-0.15, -0.1) is 0 Å². The molecule has 6 rings (SSSR count). The minimum Gasteiger partial charge on any atom is -0.399 e. The van der Waals surface area contributed by atoms with Crippen LogP contribution in [0.2, 0.25) is 0 Å². The van der Waals surface area contributed by atoms with Crippen LogP contribution < -0.4 is 11.1 Å². The number of fused-ring (bicyclic) bond motifs is 2. The molecule has 0 heterocycles. The molecule has 200 valence electrons. The third-order valence-corrected chi connectivity index (χ3v) is 8.04. The fourth-order valence-electron chi connectivity index (χ4n) is 5.80. The summed E-state index contributed by atoms with van der Waals surface area (Å²) in [6, 6.07) is 32.2. The van der Waals surface area contributed by atoms with Crippen LogP contribution in [0.25, 0.3) is 33.0 Å². The number of nitrogens with two attached hydrogens (primary N) is 1. The van der Waals surface area contributed by atoms with Gasteiger partial charge in [0.15, 0.2) is 0 Å². The van der Waals surface area contributed by atoms with Crippen molar-refractivity contribution in [2.45, 2.75) is 13.3 Å². The van der Waals surface area contributed by atoms with Gasteiger partial charge in [0.2, 0.25) is 0 Å². The van der Waals surface area contributed by atoms with Crippen LogP contribution >= 0.6 is 0 Å². The molecule has 0 spiro atoms. The van der Waals surface area contributed by atoms with Crippen molar-refractivity contribution in [3.63, 3.8) is 0 Å². The minimum absolute atomic E-state index is 0.350. The topological polar surface area (TPSA) is 38.0 Å². The lowest BCUT2D eigenvalue weighted by molar-refractivity contribution is 0.723. The standard InChI is InChI=1S/C39H34N2/c1-3-11-28(31-21-20-29-12-4-5-13-30(29)24-31)22-23-41-39-19-9-8-17-35(39)32-14-10-15-33(25-32)37-26-38(40)27(2)34-16-6-7-18-36(34)37/h3-15,17-26,34,41H,1,16,40H2,2H3/b23-22-,28-11+. The maximum absolute atomic E-state index is 6.48. The Bertz CT molecular complexity index is 1820. The number of benzene rings is 4. The number of para-hydroxylation sites is 1. The van der Waals surface area contributed by atoms with Crippen molar-refractivity contribution in [3.05, 3.63) is 174 Å². The molecule has 0 aromatic heterocycles. The van der Waals surface area contributed by atoms with Gasteiger partial charge in [-0.3, -0.25) is 0 Å². The van der Waals surface area contributed by atoms with E-state index in [2.05, 4.69) is 140 Å². The van der Waals surface area contributed by atoms with Gasteiger partial charge in [0.05, 0.1) is 0 Å². The number of rotatable bonds is 7. The van der Waals surface area contributed by atoms with Crippen molar-refractivity contribution in [1.29, 1.82) is 0 Å². The van der Waals surface area contributed by atoms with Crippen molar-refractivity contribution in [3.8, 4) is 11.1 Å². The first-order chi connectivity index (χ1) is 20.1. The van der Waals surface area contributed by atoms with Crippen molar-refractivity contribution in [2.24, 2.45) is 11.7 Å². The van der Waals surface area contributed by atoms with Gasteiger partial charge in [-0.1, -0.05) is 110 Å². The third kappa shape index (κ3) is 5.37. The zero-order chi connectivity index (χ0) is 28.2. The van der Waals surface area contributed by atoms with Crippen LogP contribution in [0.3, 0.4) is 0 Å². The lowest BCUT2D eigenvalue weighted by Gasteiger charge is -2.30. The van der Waals surface area contributed by atoms with E-state index >= 15 is 0 Å². The van der Waals surface area contributed by atoms with E-state index in [-0.39, 0.29) is 0 Å². The van der Waals surface area contributed by atoms with Gasteiger partial charge in [0.1, 0.15) is 0 Å². The first-order valence-electron chi connectivity index (χ1n) is 14.1. The third-order valence-electron chi connectivity index (χ3n) is 8.04. The van der Waals surface area contributed by atoms with E-state index in [1.807, 2.05) is 18.4 Å². The average Bonchev–Trinajstić information content (AvgIpc) is 3.02. The smallest absolute Gasteiger partial charge is 0.0459 e. The summed E-state index contributed by atoms with van der Waals surface area (Å²) >= 11 is 0. The van der Waals surface area contributed by atoms with Crippen molar-refractivity contribution < 1.29 is 0 Å². The van der Waals surface area contributed by atoms with E-state index in [0.717, 1.165) is 40.1 Å². The number of hydrogen-bond acceptors (Lipinski definition) is 2. The quantitative estimate of drug-likeness (QED) is 0.233. The van der Waals surface area contributed by atoms with Gasteiger partial charge >= 0.3 is 0 Å². The van der Waals surface area contributed by atoms with E-state index in [1.165, 1.54) is 33.1 Å². The molecule has 0 saturated heterocycles. The van der Waals surface area contributed by atoms with E-state index in [1.54, 1.807) is 0 Å². The summed E-state index contributed by atoms with van der Waals surface area (Å²) in [6.45, 7) is 6.09. The Morgan fingerprint density at radius 2 is 1.71 bits per heavy atom. The van der Waals surface area contributed by atoms with E-state index in [0.29, 0.717) is 5.92 Å². The number of allylic oxidation sites excluding steroid dienone is 11. The van der Waals surface area contributed by atoms with Gasteiger partial charge in [-0.2, -0.15) is 0 Å². The highest BCUT2D eigenvalue weighted by Crippen LogP contribution is 2.42. The van der Waals surface area contributed by atoms with E-state index in [4.69, 9.17) is 5.73 Å². The van der Waals surface area contributed by atoms with Crippen molar-refractivity contribution in [1.82, 2.24) is 0 Å². The van der Waals surface area contributed by atoms with Crippen LogP contribution in [-0.4, -0.2) is 0 Å². The Morgan fingerprint density at radius 3 is 2.59 bits per heavy atom. The zero-order valence-electron chi connectivity index (χ0n) is 23.3. The summed E-state index contributed by atoms with van der Waals surface area (Å²) in [4.78, 5) is 0. The monoisotopic (exact) mass is 530 g/mol. The maximum atomic E-state index is 6.48. The molecule has 0 amide bonds. The second-order valence-corrected chi connectivity index (χ2v) is 10.6. The molecule has 0 aliphatic heterocycles. The van der Waals surface area contributed by atoms with Gasteiger partial charge < -0.3 is 11.1 Å². The summed E-state index contributed by atoms with van der Waals surface area (Å²) in [5.41, 5.74) is 17.9. The normalized spacial score (nSPS) is 16.9. The number of anilines is 1. The molecular formula is C39H34N2. The largest absolute Gasteiger partial charge is 0.399 e. The highest BCUT2D eigenvalue weighted by molar-refractivity contribution is 5.89. The molecule has 4 aromatic rings. The first kappa shape index (κ1) is 26.2. The van der Waals surface area contributed by atoms with Gasteiger partial charge in [-0.05, 0) is 93.5 Å². The summed E-state index contributed by atoms with van der Waals surface area (Å²) in [5, 5.41) is 6.00. The molecule has 1 unspecified atom stereocenters. The Labute approximate surface area is 242 Å². The van der Waals surface area contributed by atoms with Gasteiger partial charge in [0.25, 0.3) is 0 Å². The van der Waals surface area contributed by atoms with E-state index in [9.17, 15) is 0 Å². The number of hydrogen-bond donors (Lipinski definition) is 2. The second-order valence-electron chi connectivity index (χ2n) is 10.6. The fourth-order valence-corrected chi connectivity index (χ4v) is 5.80. The van der Waals surface area contributed by atoms with Crippen LogP contribution in [0.4, 0.5) is 5.69 Å². The SMILES string of the molecule is C=C/C=C(\C=C/Nc1ccccc1-c1cccc(C2=CC(N)=C(C)C3CC=CC=C23)c1)c1ccc2ccccc2c1. The molecule has 0 saturated carbocycles. The molecule has 2 aliphatic carbocycles. The fraction of sp³-hybridized carbons (Fsp3) is 0.0769. The second kappa shape index (κ2) is 11.6. The lowest BCUT2D eigenvalue weighted by atomic mass is 9.75. The van der Waals surface area contributed by atoms with Gasteiger partial charge in [0, 0.05) is 29.1 Å². The summed E-state index contributed by atoms with van der Waals surface area (Å²) in [6.07, 6.45) is 17.8. The molecular weight excluding hydrogens is 496 g/mol. The highest BCUT2D eigenvalue weighted by atomic mass is 14.8. The van der Waals surface area contributed by atoms with Crippen molar-refractivity contribution in [2.75, 3.05) is 5.32 Å². The van der Waals surface area contributed by atoms with Gasteiger partial charge in [-0.25, -0.2) is 0 Å². The molecule has 0 bridgehead atoms. The van der Waals surface area contributed by atoms with E-state index < -0.39 is 0 Å². The summed E-state index contributed by atoms with van der Waals surface area (Å²) < 4.78 is 0. The first-order valence-corrected chi connectivity index (χ1v) is 14.1. The Morgan fingerprint density at radius 1 is 0.902 bits per heavy atom. The number of nitrogens with one attached hydrogen (secondary N) is 1. The predicted molar refractivity (Wildman–Crippen MR) is 177 cm³/mol. The molecule has 2 heteroatoms. The molecule has 41 heavy (non-hydrogen) atoms. The summed E-state index contributed by atoms with van der Waals surface area (Å²) in [5.74, 6) is 0.350. The molecule has 4 aromatic carbocycles. The Balaban J connectivity index is 1.29. The minimum atomic E-state index is 0.350. The van der Waals surface area contributed by atoms with Crippen LogP contribution in [0.15, 0.2) is 163 Å². The molecule has 0 fully saturated rings. The zero-order valence-corrected chi connectivity index (χ0v) is 23.3. The average molecular weight is 531 g/mol. The van der Waals surface area contributed by atoms with Crippen LogP contribution in [0, 0.1) is 5.92 Å². The predicted octanol–water partition coefficient (Wildman–Crippen LogP) is 9.83. The molecule has 3 N–H and O–H groups in total. The van der Waals surface area contributed by atoms with Crippen LogP contribution in [-0.2, 0) is 0 Å².